The summed E-state index contributed by atoms with van der Waals surface area (Å²) in [6.07, 6.45) is 18.0. The maximum Gasteiger partial charge on any atom is 0.310 e. The van der Waals surface area contributed by atoms with Crippen molar-refractivity contribution in [3.05, 3.63) is 35.9 Å². The first-order valence-corrected chi connectivity index (χ1v) is 9.49. The maximum atomic E-state index is 10.5. The van der Waals surface area contributed by atoms with Gasteiger partial charge in [0, 0.05) is 0 Å². The Morgan fingerprint density at radius 3 is 1.30 bits per heavy atom. The summed E-state index contributed by atoms with van der Waals surface area (Å²) in [5, 5.41) is 8.64. The lowest BCUT2D eigenvalue weighted by Crippen LogP contribution is -2.06. The molecule has 1 atom stereocenters. The largest absolute Gasteiger partial charge is 0.481 e. The average molecular weight is 319 g/mol. The molecule has 1 N–H and O–H groups in total. The van der Waals surface area contributed by atoms with E-state index in [4.69, 9.17) is 5.11 Å². The minimum Gasteiger partial charge on any atom is -0.481 e. The average Bonchev–Trinajstić information content (AvgIpc) is 2.56. The van der Waals surface area contributed by atoms with Crippen molar-refractivity contribution < 1.29 is 9.90 Å². The molecule has 1 aliphatic carbocycles. The number of hydrogen-bond acceptors (Lipinski definition) is 1. The molecule has 2 heteroatoms. The topological polar surface area (TPSA) is 37.3 Å². The lowest BCUT2D eigenvalue weighted by molar-refractivity contribution is -0.138. The van der Waals surface area contributed by atoms with Crippen molar-refractivity contribution >= 4 is 5.97 Å². The number of carbonyl (C=O) groups is 1. The Bertz CT molecular complexity index is 357. The highest BCUT2D eigenvalue weighted by Gasteiger charge is 2.11. The fourth-order valence-corrected chi connectivity index (χ4v) is 3.01. The second-order valence-electron chi connectivity index (χ2n) is 6.71. The molecule has 0 heterocycles. The first-order valence-electron chi connectivity index (χ1n) is 9.49. The Kier molecular flexibility index (Phi) is 11.3. The summed E-state index contributed by atoms with van der Waals surface area (Å²) in [5.41, 5.74) is 0.847. The van der Waals surface area contributed by atoms with Crippen LogP contribution in [-0.2, 0) is 4.79 Å². The highest BCUT2D eigenvalue weighted by Crippen LogP contribution is 2.16. The smallest absolute Gasteiger partial charge is 0.310 e. The minimum absolute atomic E-state index is 0.406. The van der Waals surface area contributed by atoms with Gasteiger partial charge in [-0.2, -0.15) is 0 Å². The van der Waals surface area contributed by atoms with Gasteiger partial charge in [0.25, 0.3) is 0 Å². The van der Waals surface area contributed by atoms with Crippen LogP contribution in [0.15, 0.2) is 30.3 Å². The van der Waals surface area contributed by atoms with Crippen LogP contribution in [0.5, 0.6) is 0 Å². The fraction of sp³-hybridized carbons (Fsp3) is 0.667. The van der Waals surface area contributed by atoms with Crippen molar-refractivity contribution in [2.24, 2.45) is 0 Å². The van der Waals surface area contributed by atoms with Crippen LogP contribution in [0, 0.1) is 0 Å². The number of benzene rings is 1. The molecule has 1 aromatic carbocycles. The van der Waals surface area contributed by atoms with E-state index in [1.807, 2.05) is 30.3 Å². The fourth-order valence-electron chi connectivity index (χ4n) is 3.01. The minimum atomic E-state index is -0.781. The molecule has 1 aromatic rings. The lowest BCUT2D eigenvalue weighted by Gasteiger charge is -2.05. The number of hydrogen-bond donors (Lipinski definition) is 1. The van der Waals surface area contributed by atoms with Crippen molar-refractivity contribution in [3.63, 3.8) is 0 Å². The monoisotopic (exact) mass is 318 g/mol. The third kappa shape index (κ3) is 10.1. The Balaban J connectivity index is 0.000000231. The van der Waals surface area contributed by atoms with E-state index in [1.165, 1.54) is 77.0 Å². The number of carboxylic acid groups (broad SMARTS) is 1. The molecule has 0 aliphatic heterocycles. The summed E-state index contributed by atoms with van der Waals surface area (Å²) in [4.78, 5) is 10.5. The van der Waals surface area contributed by atoms with E-state index >= 15 is 0 Å². The molecule has 0 bridgehead atoms. The normalized spacial score (nSPS) is 18.5. The lowest BCUT2D eigenvalue weighted by atomic mass is 10.0. The standard InChI is InChI=1S/C12H24.C9H10O2/c1-2-4-6-8-10-12-11-9-7-5-3-1;1-7(9(10)11)8-5-3-2-4-6-8/h1-12H2;2-7H,1H3,(H,10,11). The molecule has 1 aliphatic rings. The molecule has 23 heavy (non-hydrogen) atoms. The second kappa shape index (κ2) is 13.2. The third-order valence-electron chi connectivity index (χ3n) is 4.67. The quantitative estimate of drug-likeness (QED) is 0.670. The highest BCUT2D eigenvalue weighted by atomic mass is 16.4. The molecular weight excluding hydrogens is 284 g/mol. The summed E-state index contributed by atoms with van der Waals surface area (Å²) in [5.74, 6) is -1.19. The van der Waals surface area contributed by atoms with E-state index < -0.39 is 11.9 Å². The van der Waals surface area contributed by atoms with Crippen LogP contribution in [0.4, 0.5) is 0 Å². The van der Waals surface area contributed by atoms with Crippen molar-refractivity contribution in [3.8, 4) is 0 Å². The number of carboxylic acids is 1. The summed E-state index contributed by atoms with van der Waals surface area (Å²) < 4.78 is 0. The first kappa shape index (κ1) is 19.7. The molecule has 0 aromatic heterocycles. The predicted octanol–water partition coefficient (Wildman–Crippen LogP) is 6.56. The molecule has 0 spiro atoms. The molecule has 0 radical (unpaired) electrons. The van der Waals surface area contributed by atoms with Crippen LogP contribution in [0.2, 0.25) is 0 Å². The van der Waals surface area contributed by atoms with Crippen molar-refractivity contribution in [2.45, 2.75) is 89.9 Å². The Morgan fingerprint density at radius 2 is 1.04 bits per heavy atom. The molecule has 2 nitrogen and oxygen atoms in total. The van der Waals surface area contributed by atoms with Gasteiger partial charge in [0.2, 0.25) is 0 Å². The van der Waals surface area contributed by atoms with Gasteiger partial charge in [-0.25, -0.2) is 0 Å². The maximum absolute atomic E-state index is 10.5. The van der Waals surface area contributed by atoms with Crippen molar-refractivity contribution in [2.75, 3.05) is 0 Å². The number of aliphatic carboxylic acids is 1. The van der Waals surface area contributed by atoms with E-state index in [9.17, 15) is 4.79 Å². The number of rotatable bonds is 2. The zero-order chi connectivity index (χ0) is 16.8. The SMILES string of the molecule is C1CCCCCCCCCCC1.CC(C(=O)O)c1ccccc1. The van der Waals surface area contributed by atoms with Crippen molar-refractivity contribution in [1.29, 1.82) is 0 Å². The van der Waals surface area contributed by atoms with Crippen LogP contribution < -0.4 is 0 Å². The molecule has 2 rings (SSSR count). The predicted molar refractivity (Wildman–Crippen MR) is 97.9 cm³/mol. The molecule has 1 saturated carbocycles. The summed E-state index contributed by atoms with van der Waals surface area (Å²) in [6, 6.07) is 9.19. The Labute approximate surface area is 142 Å². The van der Waals surface area contributed by atoms with Crippen LogP contribution >= 0.6 is 0 Å². The van der Waals surface area contributed by atoms with Gasteiger partial charge >= 0.3 is 5.97 Å². The summed E-state index contributed by atoms with van der Waals surface area (Å²) >= 11 is 0. The van der Waals surface area contributed by atoms with E-state index in [2.05, 4.69) is 0 Å². The molecular formula is C21H34O2. The van der Waals surface area contributed by atoms with E-state index in [0.29, 0.717) is 0 Å². The zero-order valence-electron chi connectivity index (χ0n) is 14.8. The van der Waals surface area contributed by atoms with Crippen LogP contribution in [-0.4, -0.2) is 11.1 Å². The summed E-state index contributed by atoms with van der Waals surface area (Å²) in [7, 11) is 0. The molecule has 0 saturated heterocycles. The molecule has 1 unspecified atom stereocenters. The molecule has 0 amide bonds. The van der Waals surface area contributed by atoms with Gasteiger partial charge in [-0.15, -0.1) is 0 Å². The molecule has 1 fully saturated rings. The Hall–Kier alpha value is -1.31. The van der Waals surface area contributed by atoms with Gasteiger partial charge in [-0.1, -0.05) is 107 Å². The van der Waals surface area contributed by atoms with Gasteiger partial charge in [0.15, 0.2) is 0 Å². The van der Waals surface area contributed by atoms with Crippen LogP contribution in [0.3, 0.4) is 0 Å². The van der Waals surface area contributed by atoms with Crippen molar-refractivity contribution in [1.82, 2.24) is 0 Å². The van der Waals surface area contributed by atoms with E-state index in [0.717, 1.165) is 5.56 Å². The summed E-state index contributed by atoms with van der Waals surface area (Å²) in [6.45, 7) is 1.68. The van der Waals surface area contributed by atoms with Gasteiger partial charge in [0.05, 0.1) is 5.92 Å². The Morgan fingerprint density at radius 1 is 0.739 bits per heavy atom. The van der Waals surface area contributed by atoms with Gasteiger partial charge in [-0.05, 0) is 12.5 Å². The zero-order valence-corrected chi connectivity index (χ0v) is 14.8. The van der Waals surface area contributed by atoms with E-state index in [1.54, 1.807) is 6.92 Å². The second-order valence-corrected chi connectivity index (χ2v) is 6.71. The van der Waals surface area contributed by atoms with Crippen LogP contribution in [0.25, 0.3) is 0 Å². The highest BCUT2D eigenvalue weighted by molar-refractivity contribution is 5.75. The third-order valence-corrected chi connectivity index (χ3v) is 4.67. The molecule has 130 valence electrons. The van der Waals surface area contributed by atoms with Gasteiger partial charge in [-0.3, -0.25) is 4.79 Å². The van der Waals surface area contributed by atoms with E-state index in [-0.39, 0.29) is 0 Å². The van der Waals surface area contributed by atoms with Gasteiger partial charge < -0.3 is 5.11 Å². The first-order chi connectivity index (χ1) is 11.2. The van der Waals surface area contributed by atoms with Gasteiger partial charge in [0.1, 0.15) is 0 Å². The van der Waals surface area contributed by atoms with Crippen LogP contribution in [0.1, 0.15) is 95.5 Å².